The fraction of sp³-hybridized carbons (Fsp3) is 0.179. The highest BCUT2D eigenvalue weighted by atomic mass is 32.2. The number of fused-ring (bicyclic) bond motifs is 2. The van der Waals surface area contributed by atoms with Gasteiger partial charge in [0.2, 0.25) is 15.9 Å². The van der Waals surface area contributed by atoms with Crippen LogP contribution < -0.4 is 0 Å². The lowest BCUT2D eigenvalue weighted by molar-refractivity contribution is -0.130. The minimum absolute atomic E-state index is 0.206. The number of cyclic esters (lactones) is 1. The maximum Gasteiger partial charge on any atom is 0.365 e. The van der Waals surface area contributed by atoms with Crippen LogP contribution in [0.25, 0.3) is 21.7 Å². The normalized spacial score (nSPS) is 18.3. The smallest absolute Gasteiger partial charge is 0.365 e. The van der Waals surface area contributed by atoms with Crippen LogP contribution in [0.3, 0.4) is 0 Å². The Kier molecular flexibility index (Phi) is 5.94. The molecular formula is C28H24N4O4S. The predicted molar refractivity (Wildman–Crippen MR) is 141 cm³/mol. The Morgan fingerprint density at radius 3 is 2.54 bits per heavy atom. The van der Waals surface area contributed by atoms with E-state index < -0.39 is 16.0 Å². The predicted octanol–water partition coefficient (Wildman–Crippen LogP) is 3.93. The second kappa shape index (κ2) is 9.42. The summed E-state index contributed by atoms with van der Waals surface area (Å²) in [4.78, 5) is 23.6. The van der Waals surface area contributed by atoms with Crippen LogP contribution >= 0.6 is 0 Å². The maximum absolute atomic E-state index is 13.5. The molecule has 1 fully saturated rings. The molecule has 2 aliphatic rings. The molecule has 9 heteroatoms. The molecule has 186 valence electrons. The van der Waals surface area contributed by atoms with Crippen LogP contribution in [-0.2, 0) is 19.6 Å². The van der Waals surface area contributed by atoms with Gasteiger partial charge in [0, 0.05) is 49.5 Å². The van der Waals surface area contributed by atoms with E-state index in [0.29, 0.717) is 31.6 Å². The van der Waals surface area contributed by atoms with E-state index in [4.69, 9.17) is 4.74 Å². The van der Waals surface area contributed by atoms with Gasteiger partial charge in [-0.2, -0.15) is 4.31 Å². The molecule has 6 rings (SSSR count). The van der Waals surface area contributed by atoms with E-state index in [0.717, 1.165) is 21.7 Å². The number of nitrogens with zero attached hydrogens (tertiary/aromatic N) is 4. The number of aliphatic imine (C=N–C) groups is 1. The summed E-state index contributed by atoms with van der Waals surface area (Å²) in [7, 11) is -3.73. The third-order valence-corrected chi connectivity index (χ3v) is 8.58. The summed E-state index contributed by atoms with van der Waals surface area (Å²) in [5, 5.41) is 2.77. The van der Waals surface area contributed by atoms with Gasteiger partial charge < -0.3 is 9.64 Å². The van der Waals surface area contributed by atoms with E-state index in [9.17, 15) is 13.2 Å². The molecule has 0 aliphatic carbocycles. The van der Waals surface area contributed by atoms with Gasteiger partial charge in [0.25, 0.3) is 0 Å². The molecule has 4 aromatic rings. The van der Waals surface area contributed by atoms with Gasteiger partial charge in [-0.1, -0.05) is 54.6 Å². The summed E-state index contributed by atoms with van der Waals surface area (Å²) in [6.45, 7) is 1.67. The zero-order valence-corrected chi connectivity index (χ0v) is 20.8. The molecule has 1 saturated heterocycles. The lowest BCUT2D eigenvalue weighted by Crippen LogP contribution is -2.34. The first kappa shape index (κ1) is 23.3. The fourth-order valence-electron chi connectivity index (χ4n) is 4.81. The molecule has 8 nitrogen and oxygen atoms in total. The summed E-state index contributed by atoms with van der Waals surface area (Å²) in [6, 6.07) is 22.5. The van der Waals surface area contributed by atoms with Crippen molar-refractivity contribution in [3.8, 4) is 0 Å². The first-order valence-electron chi connectivity index (χ1n) is 12.1. The number of esters is 1. The van der Waals surface area contributed by atoms with Crippen molar-refractivity contribution < 1.29 is 17.9 Å². The third kappa shape index (κ3) is 4.36. The summed E-state index contributed by atoms with van der Waals surface area (Å²) < 4.78 is 34.1. The summed E-state index contributed by atoms with van der Waals surface area (Å²) in [6.07, 6.45) is 3.89. The van der Waals surface area contributed by atoms with E-state index in [2.05, 4.69) is 9.98 Å². The molecule has 0 radical (unpaired) electrons. The summed E-state index contributed by atoms with van der Waals surface area (Å²) in [5.74, 6) is -0.242. The monoisotopic (exact) mass is 512 g/mol. The van der Waals surface area contributed by atoms with Gasteiger partial charge in [-0.3, -0.25) is 4.98 Å². The van der Waals surface area contributed by atoms with Crippen LogP contribution in [0.4, 0.5) is 0 Å². The molecule has 0 saturated carbocycles. The van der Waals surface area contributed by atoms with Crippen LogP contribution in [0, 0.1) is 0 Å². The van der Waals surface area contributed by atoms with Gasteiger partial charge in [0.15, 0.2) is 5.70 Å². The number of para-hydroxylation sites is 1. The first-order valence-corrected chi connectivity index (χ1v) is 13.5. The lowest BCUT2D eigenvalue weighted by Gasteiger charge is -2.21. The molecule has 2 aliphatic heterocycles. The number of rotatable bonds is 4. The number of ether oxygens (including phenoxy) is 1. The van der Waals surface area contributed by atoms with Crippen molar-refractivity contribution in [3.63, 3.8) is 0 Å². The number of carbonyl (C=O) groups excluding carboxylic acids is 1. The van der Waals surface area contributed by atoms with Crippen LogP contribution in [-0.4, -0.2) is 60.7 Å². The largest absolute Gasteiger partial charge is 0.402 e. The topological polar surface area (TPSA) is 92.2 Å². The molecule has 0 bridgehead atoms. The Labute approximate surface area is 214 Å². The second-order valence-electron chi connectivity index (χ2n) is 8.97. The number of hydrogen-bond donors (Lipinski definition) is 0. The number of benzene rings is 3. The molecule has 3 aromatic carbocycles. The minimum atomic E-state index is -3.73. The molecule has 3 heterocycles. The van der Waals surface area contributed by atoms with Crippen molar-refractivity contribution in [2.24, 2.45) is 4.99 Å². The molecule has 0 atom stereocenters. The van der Waals surface area contributed by atoms with E-state index in [1.807, 2.05) is 59.5 Å². The Morgan fingerprint density at radius 1 is 0.838 bits per heavy atom. The van der Waals surface area contributed by atoms with Crippen LogP contribution in [0.15, 0.2) is 101 Å². The van der Waals surface area contributed by atoms with E-state index in [-0.39, 0.29) is 23.0 Å². The number of carbonyl (C=O) groups is 1. The Morgan fingerprint density at radius 2 is 1.62 bits per heavy atom. The van der Waals surface area contributed by atoms with Crippen LogP contribution in [0.2, 0.25) is 0 Å². The Balaban J connectivity index is 1.23. The number of aromatic nitrogens is 1. The number of pyridine rings is 1. The molecular weight excluding hydrogens is 488 g/mol. The van der Waals surface area contributed by atoms with Gasteiger partial charge in [-0.05, 0) is 35.4 Å². The van der Waals surface area contributed by atoms with Gasteiger partial charge in [-0.15, -0.1) is 0 Å². The quantitative estimate of drug-likeness (QED) is 0.304. The zero-order valence-electron chi connectivity index (χ0n) is 19.9. The fourth-order valence-corrected chi connectivity index (χ4v) is 6.44. The van der Waals surface area contributed by atoms with Crippen molar-refractivity contribution in [3.05, 3.63) is 96.5 Å². The molecule has 0 spiro atoms. The van der Waals surface area contributed by atoms with Gasteiger partial charge >= 0.3 is 5.97 Å². The van der Waals surface area contributed by atoms with Crippen molar-refractivity contribution >= 4 is 43.6 Å². The molecule has 0 unspecified atom stereocenters. The number of sulfonamides is 1. The van der Waals surface area contributed by atoms with Crippen LogP contribution in [0.1, 0.15) is 12.0 Å². The highest BCUT2D eigenvalue weighted by Gasteiger charge is 2.30. The lowest BCUT2D eigenvalue weighted by atomic mass is 10.0. The number of hydrogen-bond acceptors (Lipinski definition) is 7. The van der Waals surface area contributed by atoms with E-state index in [1.165, 1.54) is 4.31 Å². The van der Waals surface area contributed by atoms with Crippen molar-refractivity contribution in [1.82, 2.24) is 14.2 Å². The second-order valence-corrected chi connectivity index (χ2v) is 10.9. The zero-order chi connectivity index (χ0) is 25.4. The van der Waals surface area contributed by atoms with Crippen molar-refractivity contribution in [1.29, 1.82) is 0 Å². The van der Waals surface area contributed by atoms with E-state index >= 15 is 0 Å². The van der Waals surface area contributed by atoms with Crippen molar-refractivity contribution in [2.45, 2.75) is 11.3 Å². The summed E-state index contributed by atoms with van der Waals surface area (Å²) in [5.41, 5.74) is 1.43. The maximum atomic E-state index is 13.5. The van der Waals surface area contributed by atoms with Gasteiger partial charge in [0.05, 0.1) is 5.52 Å². The molecule has 37 heavy (non-hydrogen) atoms. The average Bonchev–Trinajstić information content (AvgIpc) is 3.11. The average molecular weight is 513 g/mol. The Hall–Kier alpha value is -4.08. The molecule has 1 aromatic heterocycles. The Bertz CT molecular complexity index is 1690. The highest BCUT2D eigenvalue weighted by molar-refractivity contribution is 7.89. The van der Waals surface area contributed by atoms with Gasteiger partial charge in [-0.25, -0.2) is 18.2 Å². The van der Waals surface area contributed by atoms with E-state index in [1.54, 1.807) is 30.6 Å². The SMILES string of the molecule is O=C1OC(c2cccc3ccccc23)=N/C1=C\N1CCCN(S(=O)(=O)c2cccc3cccnc23)CC1. The van der Waals surface area contributed by atoms with Gasteiger partial charge in [0.1, 0.15) is 4.90 Å². The first-order chi connectivity index (χ1) is 18.0. The van der Waals surface area contributed by atoms with Crippen molar-refractivity contribution in [2.75, 3.05) is 26.2 Å². The minimum Gasteiger partial charge on any atom is -0.402 e. The standard InChI is InChI=1S/C28H24N4O4S/c33-28-24(30-27(36-28)23-12-3-8-20-7-1-2-11-22(20)23)19-31-15-6-16-32(18-17-31)37(34,35)25-13-4-9-21-10-5-14-29-26(21)25/h1-5,7-14,19H,6,15-18H2/b24-19-. The summed E-state index contributed by atoms with van der Waals surface area (Å²) >= 11 is 0. The molecule has 0 N–H and O–H groups in total. The molecule has 0 amide bonds. The highest BCUT2D eigenvalue weighted by Crippen LogP contribution is 2.26. The third-order valence-electron chi connectivity index (χ3n) is 6.65. The van der Waals surface area contributed by atoms with Crippen LogP contribution in [0.5, 0.6) is 0 Å².